The van der Waals surface area contributed by atoms with Crippen molar-refractivity contribution in [2.75, 3.05) is 26.0 Å². The third kappa shape index (κ3) is 4.63. The highest BCUT2D eigenvalue weighted by molar-refractivity contribution is 5.75. The number of hydrogen-bond donors (Lipinski definition) is 1. The van der Waals surface area contributed by atoms with Crippen LogP contribution in [0.25, 0.3) is 11.1 Å². The molecule has 0 atom stereocenters. The van der Waals surface area contributed by atoms with Crippen LogP contribution in [0.1, 0.15) is 12.8 Å². The number of benzene rings is 2. The summed E-state index contributed by atoms with van der Waals surface area (Å²) in [4.78, 5) is 13.1. The Bertz CT molecular complexity index is 562. The van der Waals surface area contributed by atoms with E-state index < -0.39 is 0 Å². The molecule has 2 rings (SSSR count). The molecule has 0 bridgehead atoms. The van der Waals surface area contributed by atoms with E-state index in [1.54, 1.807) is 19.0 Å². The summed E-state index contributed by atoms with van der Waals surface area (Å²) in [5, 5.41) is 3.35. The molecule has 0 aliphatic carbocycles. The van der Waals surface area contributed by atoms with Gasteiger partial charge in [-0.2, -0.15) is 0 Å². The van der Waals surface area contributed by atoms with Gasteiger partial charge in [-0.3, -0.25) is 4.79 Å². The van der Waals surface area contributed by atoms with Gasteiger partial charge in [0.1, 0.15) is 0 Å². The highest BCUT2D eigenvalue weighted by atomic mass is 16.2. The van der Waals surface area contributed by atoms with Crippen molar-refractivity contribution in [1.82, 2.24) is 4.90 Å². The summed E-state index contributed by atoms with van der Waals surface area (Å²) in [5.74, 6) is 0.177. The average molecular weight is 282 g/mol. The summed E-state index contributed by atoms with van der Waals surface area (Å²) in [5.41, 5.74) is 3.52. The Morgan fingerprint density at radius 1 is 0.952 bits per heavy atom. The van der Waals surface area contributed by atoms with E-state index in [0.717, 1.165) is 18.7 Å². The molecule has 0 aliphatic rings. The molecule has 2 aromatic carbocycles. The summed E-state index contributed by atoms with van der Waals surface area (Å²) in [7, 11) is 3.58. The maximum absolute atomic E-state index is 11.5. The highest BCUT2D eigenvalue weighted by Crippen LogP contribution is 2.20. The number of amides is 1. The minimum absolute atomic E-state index is 0.177. The van der Waals surface area contributed by atoms with Crippen molar-refractivity contribution in [3.8, 4) is 11.1 Å². The second kappa shape index (κ2) is 7.48. The van der Waals surface area contributed by atoms with Crippen molar-refractivity contribution in [2.24, 2.45) is 0 Å². The fraction of sp³-hybridized carbons (Fsp3) is 0.278. The molecule has 21 heavy (non-hydrogen) atoms. The zero-order chi connectivity index (χ0) is 15.1. The topological polar surface area (TPSA) is 32.3 Å². The smallest absolute Gasteiger partial charge is 0.222 e. The molecule has 0 spiro atoms. The van der Waals surface area contributed by atoms with Gasteiger partial charge in [0.15, 0.2) is 0 Å². The molecule has 0 saturated heterocycles. The molecular formula is C18H22N2O. The second-order valence-corrected chi connectivity index (χ2v) is 5.26. The van der Waals surface area contributed by atoms with E-state index in [0.29, 0.717) is 6.42 Å². The van der Waals surface area contributed by atoms with E-state index in [1.807, 2.05) is 18.2 Å². The minimum Gasteiger partial charge on any atom is -0.385 e. The van der Waals surface area contributed by atoms with Crippen LogP contribution in [0.3, 0.4) is 0 Å². The molecule has 0 radical (unpaired) electrons. The van der Waals surface area contributed by atoms with Crippen LogP contribution in [-0.4, -0.2) is 31.4 Å². The van der Waals surface area contributed by atoms with Crippen LogP contribution < -0.4 is 5.32 Å². The Balaban J connectivity index is 1.82. The number of hydrogen-bond acceptors (Lipinski definition) is 2. The average Bonchev–Trinajstić information content (AvgIpc) is 2.52. The monoisotopic (exact) mass is 282 g/mol. The molecule has 0 fully saturated rings. The summed E-state index contributed by atoms with van der Waals surface area (Å²) in [6, 6.07) is 18.7. The third-order valence-corrected chi connectivity index (χ3v) is 3.39. The largest absolute Gasteiger partial charge is 0.385 e. The Kier molecular flexibility index (Phi) is 5.38. The molecular weight excluding hydrogens is 260 g/mol. The lowest BCUT2D eigenvalue weighted by molar-refractivity contribution is -0.128. The summed E-state index contributed by atoms with van der Waals surface area (Å²) >= 11 is 0. The second-order valence-electron chi connectivity index (χ2n) is 5.26. The van der Waals surface area contributed by atoms with Gasteiger partial charge in [-0.05, 0) is 29.7 Å². The molecule has 2 aromatic rings. The summed E-state index contributed by atoms with van der Waals surface area (Å²) in [6.45, 7) is 0.810. The number of carbonyl (C=O) groups excluding carboxylic acids is 1. The lowest BCUT2D eigenvalue weighted by Crippen LogP contribution is -2.21. The van der Waals surface area contributed by atoms with Crippen LogP contribution in [-0.2, 0) is 4.79 Å². The highest BCUT2D eigenvalue weighted by Gasteiger charge is 2.02. The molecule has 3 nitrogen and oxygen atoms in total. The van der Waals surface area contributed by atoms with Crippen LogP contribution in [0.4, 0.5) is 5.69 Å². The number of carbonyl (C=O) groups is 1. The number of anilines is 1. The standard InChI is InChI=1S/C18H22N2O/c1-20(2)18(21)9-6-14-19-17-12-10-16(11-13-17)15-7-4-3-5-8-15/h3-5,7-8,10-13,19H,6,9,14H2,1-2H3. The molecule has 1 N–H and O–H groups in total. The first-order valence-corrected chi connectivity index (χ1v) is 7.26. The van der Waals surface area contributed by atoms with E-state index in [4.69, 9.17) is 0 Å². The lowest BCUT2D eigenvalue weighted by atomic mass is 10.1. The molecule has 0 heterocycles. The van der Waals surface area contributed by atoms with Gasteiger partial charge in [0.2, 0.25) is 5.91 Å². The zero-order valence-corrected chi connectivity index (χ0v) is 12.7. The first kappa shape index (κ1) is 15.1. The summed E-state index contributed by atoms with van der Waals surface area (Å²) < 4.78 is 0. The molecule has 0 aliphatic heterocycles. The Morgan fingerprint density at radius 3 is 2.19 bits per heavy atom. The van der Waals surface area contributed by atoms with Crippen LogP contribution in [0.5, 0.6) is 0 Å². The van der Waals surface area contributed by atoms with Gasteiger partial charge in [0.25, 0.3) is 0 Å². The van der Waals surface area contributed by atoms with E-state index in [9.17, 15) is 4.79 Å². The predicted molar refractivity (Wildman–Crippen MR) is 88.3 cm³/mol. The van der Waals surface area contributed by atoms with E-state index in [-0.39, 0.29) is 5.91 Å². The number of nitrogens with one attached hydrogen (secondary N) is 1. The normalized spacial score (nSPS) is 10.2. The van der Waals surface area contributed by atoms with Crippen molar-refractivity contribution < 1.29 is 4.79 Å². The molecule has 110 valence electrons. The first-order valence-electron chi connectivity index (χ1n) is 7.26. The van der Waals surface area contributed by atoms with Gasteiger partial charge < -0.3 is 10.2 Å². The van der Waals surface area contributed by atoms with Crippen LogP contribution in [0.15, 0.2) is 54.6 Å². The van der Waals surface area contributed by atoms with Crippen molar-refractivity contribution in [2.45, 2.75) is 12.8 Å². The van der Waals surface area contributed by atoms with Gasteiger partial charge in [-0.25, -0.2) is 0 Å². The minimum atomic E-state index is 0.177. The van der Waals surface area contributed by atoms with Gasteiger partial charge in [-0.1, -0.05) is 42.5 Å². The van der Waals surface area contributed by atoms with Crippen molar-refractivity contribution in [3.05, 3.63) is 54.6 Å². The third-order valence-electron chi connectivity index (χ3n) is 3.39. The van der Waals surface area contributed by atoms with Crippen molar-refractivity contribution in [1.29, 1.82) is 0 Å². The lowest BCUT2D eigenvalue weighted by Gasteiger charge is -2.11. The maximum atomic E-state index is 11.5. The van der Waals surface area contributed by atoms with E-state index >= 15 is 0 Å². The van der Waals surface area contributed by atoms with Gasteiger partial charge >= 0.3 is 0 Å². The van der Waals surface area contributed by atoms with E-state index in [2.05, 4.69) is 41.7 Å². The van der Waals surface area contributed by atoms with Gasteiger partial charge in [0, 0.05) is 32.7 Å². The Hall–Kier alpha value is -2.29. The predicted octanol–water partition coefficient (Wildman–Crippen LogP) is 3.63. The van der Waals surface area contributed by atoms with Crippen molar-refractivity contribution in [3.63, 3.8) is 0 Å². The van der Waals surface area contributed by atoms with Gasteiger partial charge in [-0.15, -0.1) is 0 Å². The Labute approximate surface area is 126 Å². The molecule has 3 heteroatoms. The fourth-order valence-electron chi connectivity index (χ4n) is 2.11. The van der Waals surface area contributed by atoms with Crippen LogP contribution in [0, 0.1) is 0 Å². The molecule has 1 amide bonds. The van der Waals surface area contributed by atoms with Gasteiger partial charge in [0.05, 0.1) is 0 Å². The van der Waals surface area contributed by atoms with Crippen molar-refractivity contribution >= 4 is 11.6 Å². The number of nitrogens with zero attached hydrogens (tertiary/aromatic N) is 1. The summed E-state index contributed by atoms with van der Waals surface area (Å²) in [6.07, 6.45) is 1.43. The quantitative estimate of drug-likeness (QED) is 0.820. The van der Waals surface area contributed by atoms with E-state index in [1.165, 1.54) is 11.1 Å². The molecule has 0 saturated carbocycles. The first-order chi connectivity index (χ1) is 10.2. The zero-order valence-electron chi connectivity index (χ0n) is 12.7. The Morgan fingerprint density at radius 2 is 1.57 bits per heavy atom. The fourth-order valence-corrected chi connectivity index (χ4v) is 2.11. The number of rotatable bonds is 6. The maximum Gasteiger partial charge on any atom is 0.222 e. The molecule has 0 unspecified atom stereocenters. The molecule has 0 aromatic heterocycles. The van der Waals surface area contributed by atoms with Crippen LogP contribution >= 0.6 is 0 Å². The SMILES string of the molecule is CN(C)C(=O)CCCNc1ccc(-c2ccccc2)cc1. The van der Waals surface area contributed by atoms with Crippen LogP contribution in [0.2, 0.25) is 0 Å².